The van der Waals surface area contributed by atoms with Crippen molar-refractivity contribution in [3.05, 3.63) is 167 Å². The van der Waals surface area contributed by atoms with Gasteiger partial charge in [0.25, 0.3) is 5.70 Å². The number of thiocyanates is 1. The van der Waals surface area contributed by atoms with Crippen LogP contribution in [0.25, 0.3) is 69.5 Å². The molecule has 0 aliphatic rings. The van der Waals surface area contributed by atoms with E-state index in [0.717, 1.165) is 45.1 Å². The molecule has 0 radical (unpaired) electrons. The fraction of sp³-hybridized carbons (Fsp3) is 0.300. The number of isothiocyanates is 1. The van der Waals surface area contributed by atoms with E-state index in [4.69, 9.17) is 32.7 Å². The summed E-state index contributed by atoms with van der Waals surface area (Å²) >= 11 is 10.1. The van der Waals surface area contributed by atoms with E-state index in [0.29, 0.717) is 21.1 Å². The molecule has 2 N–H and O–H groups in total. The van der Waals surface area contributed by atoms with E-state index < -0.39 is 11.9 Å². The van der Waals surface area contributed by atoms with Crippen LogP contribution >= 0.6 is 34.9 Å². The van der Waals surface area contributed by atoms with Crippen LogP contribution in [0.4, 0.5) is 0 Å². The summed E-state index contributed by atoms with van der Waals surface area (Å²) < 4.78 is 0. The van der Waals surface area contributed by atoms with E-state index >= 15 is 0 Å². The maximum Gasteiger partial charge on any atom is 2.00 e. The summed E-state index contributed by atoms with van der Waals surface area (Å²) in [5.41, 5.74) is 7.39. The van der Waals surface area contributed by atoms with Crippen LogP contribution < -0.4 is 0 Å². The maximum absolute atomic E-state index is 11.1. The van der Waals surface area contributed by atoms with Gasteiger partial charge in [0.1, 0.15) is 11.6 Å². The Morgan fingerprint density at radius 3 is 1.35 bits per heavy atom. The number of nitrogens with zero attached hydrogens (tertiary/aromatic N) is 8. The van der Waals surface area contributed by atoms with Gasteiger partial charge in [0.05, 0.1) is 29.3 Å². The van der Waals surface area contributed by atoms with Gasteiger partial charge in [0, 0.05) is 44.3 Å². The number of nitriles is 2. The first kappa shape index (κ1) is 66.1. The molecule has 12 nitrogen and oxygen atoms in total. The number of pyridine rings is 4. The molecule has 0 saturated heterocycles. The number of unbranched alkanes of at least 4 members (excludes halogenated alkanes) is 12. The molecule has 6 aromatic rings. The number of thiocarbonyl (C=S) groups is 1. The Kier molecular flexibility index (Phi) is 34.6. The zero-order valence-electron chi connectivity index (χ0n) is 43.3. The molecule has 0 saturated carbocycles. The summed E-state index contributed by atoms with van der Waals surface area (Å²) in [6, 6.07) is 25.3. The quantitative estimate of drug-likeness (QED) is 0.00600. The van der Waals surface area contributed by atoms with Crippen molar-refractivity contribution < 1.29 is 39.3 Å². The van der Waals surface area contributed by atoms with E-state index in [1.165, 1.54) is 146 Å². The molecule has 0 atom stereocenters. The Labute approximate surface area is 485 Å². The second-order valence-electron chi connectivity index (χ2n) is 17.0. The summed E-state index contributed by atoms with van der Waals surface area (Å²) in [4.78, 5) is 46.4. The van der Waals surface area contributed by atoms with Gasteiger partial charge >= 0.3 is 31.4 Å². The fourth-order valence-corrected chi connectivity index (χ4v) is 9.19. The van der Waals surface area contributed by atoms with Gasteiger partial charge in [0.15, 0.2) is 0 Å². The van der Waals surface area contributed by atoms with E-state index in [1.807, 2.05) is 73.1 Å². The molecule has 0 aliphatic heterocycles. The number of hydrogen-bond donors (Lipinski definition) is 2. The van der Waals surface area contributed by atoms with Gasteiger partial charge in [-0.05, 0) is 145 Å². The molecule has 0 aromatic carbocycles. The minimum absolute atomic E-state index is 0. The molecule has 6 rings (SSSR count). The van der Waals surface area contributed by atoms with Crippen molar-refractivity contribution in [2.75, 3.05) is 0 Å². The molecule has 0 bridgehead atoms. The summed E-state index contributed by atoms with van der Waals surface area (Å²) in [5.74, 6) is -2.51. The van der Waals surface area contributed by atoms with Crippen molar-refractivity contribution in [3.8, 4) is 34.2 Å². The number of rotatable bonds is 26. The minimum atomic E-state index is -1.26. The van der Waals surface area contributed by atoms with Gasteiger partial charge in [-0.15, -0.1) is 22.7 Å². The third-order valence-corrected chi connectivity index (χ3v) is 13.3. The molecule has 0 spiro atoms. The molecule has 398 valence electrons. The van der Waals surface area contributed by atoms with Crippen LogP contribution in [-0.2, 0) is 54.5 Å². The Bertz CT molecular complexity index is 2850. The van der Waals surface area contributed by atoms with Crippen LogP contribution in [0.5, 0.6) is 0 Å². The van der Waals surface area contributed by atoms with Crippen molar-refractivity contribution in [1.29, 1.82) is 10.5 Å². The van der Waals surface area contributed by atoms with Crippen molar-refractivity contribution in [2.24, 2.45) is 0 Å². The van der Waals surface area contributed by atoms with Gasteiger partial charge in [0.2, 0.25) is 0 Å². The van der Waals surface area contributed by atoms with E-state index in [-0.39, 0.29) is 30.7 Å². The second kappa shape index (κ2) is 40.3. The van der Waals surface area contributed by atoms with Crippen molar-refractivity contribution in [1.82, 2.24) is 19.9 Å². The Morgan fingerprint density at radius 2 is 0.974 bits per heavy atom. The third kappa shape index (κ3) is 27.1. The molecule has 0 unspecified atom stereocenters. The molecule has 17 heteroatoms. The van der Waals surface area contributed by atoms with Crippen molar-refractivity contribution in [3.63, 3.8) is 0 Å². The first-order valence-corrected chi connectivity index (χ1v) is 27.5. The normalized spacial score (nSPS) is 10.7. The number of carboxylic acids is 2. The first-order chi connectivity index (χ1) is 37.0. The molecule has 0 fully saturated rings. The smallest absolute Gasteiger partial charge is 0.753 e. The van der Waals surface area contributed by atoms with Gasteiger partial charge in [-0.3, -0.25) is 24.7 Å². The summed E-state index contributed by atoms with van der Waals surface area (Å²) in [7, 11) is 0. The van der Waals surface area contributed by atoms with Gasteiger partial charge in [-0.1, -0.05) is 121 Å². The van der Waals surface area contributed by atoms with E-state index in [1.54, 1.807) is 30.6 Å². The predicted octanol–water partition coefficient (Wildman–Crippen LogP) is 16.3. The Morgan fingerprint density at radius 1 is 0.610 bits per heavy atom. The number of thiophene rings is 2. The van der Waals surface area contributed by atoms with Gasteiger partial charge in [-0.2, -0.15) is 10.4 Å². The van der Waals surface area contributed by atoms with Crippen LogP contribution in [0.2, 0.25) is 0 Å². The van der Waals surface area contributed by atoms with Crippen LogP contribution in [0.15, 0.2) is 109 Å². The summed E-state index contributed by atoms with van der Waals surface area (Å²) in [5, 5.41) is 43.9. The van der Waals surface area contributed by atoms with Gasteiger partial charge < -0.3 is 28.3 Å². The van der Waals surface area contributed by atoms with Gasteiger partial charge in [-0.25, -0.2) is 14.9 Å². The van der Waals surface area contributed by atoms with Crippen LogP contribution in [0.3, 0.4) is 0 Å². The third-order valence-electron chi connectivity index (χ3n) is 11.3. The molecule has 0 aliphatic carbocycles. The maximum atomic E-state index is 11.1. The first-order valence-electron chi connectivity index (χ1n) is 25.1. The minimum Gasteiger partial charge on any atom is -0.753 e. The monoisotopic (exact) mass is 1190 g/mol. The van der Waals surface area contributed by atoms with Crippen LogP contribution in [0.1, 0.15) is 146 Å². The molecule has 0 amide bonds. The van der Waals surface area contributed by atoms with Crippen molar-refractivity contribution in [2.45, 2.75) is 117 Å². The molecule has 6 heterocycles. The number of hydrogen-bond acceptors (Lipinski definition) is 12. The summed E-state index contributed by atoms with van der Waals surface area (Å²) in [6.45, 7) is 11.5. The molecule has 77 heavy (non-hydrogen) atoms. The SMILES string of the molecule is CCCCCCCCCc1ccnc(-c2cc(CCCCCCCCC)ccn2)c1.N#C[S-].[C-]#[N+]/C(=C\c1ccc(/C=C/c2ccnc(-c3cc(/C=C/c4ccc(/C=C(/C#N)C(=O)O)s4)ccn3)c2)s1)C(=O)O.[N-]=C=S.[Ru+2]. The second-order valence-corrected chi connectivity index (χ2v) is 19.7. The van der Waals surface area contributed by atoms with Crippen LogP contribution in [0, 0.1) is 28.6 Å². The molecular weight excluding hydrogens is 1130 g/mol. The van der Waals surface area contributed by atoms with E-state index in [2.05, 4.69) is 87.7 Å². The summed E-state index contributed by atoms with van der Waals surface area (Å²) in [6.07, 6.45) is 39.0. The number of aromatic nitrogens is 4. The van der Waals surface area contributed by atoms with Crippen molar-refractivity contribution >= 4 is 101 Å². The topological polar surface area (TPSA) is 200 Å². The Hall–Kier alpha value is -6.99. The average molecular weight is 1190 g/mol. The number of aryl methyl sites for hydroxylation is 2. The number of carbonyl (C=O) groups is 2. The zero-order chi connectivity index (χ0) is 55.2. The fourth-order valence-electron chi connectivity index (χ4n) is 7.48. The zero-order valence-corrected chi connectivity index (χ0v) is 48.3. The van der Waals surface area contributed by atoms with Crippen LogP contribution in [-0.4, -0.2) is 47.2 Å². The molecule has 6 aromatic heterocycles. The largest absolute Gasteiger partial charge is 2.00 e. The molecular formula is C60H62N8O4RuS4. The number of aliphatic carboxylic acids is 2. The predicted molar refractivity (Wildman–Crippen MR) is 317 cm³/mol. The Balaban J connectivity index is 0.000000488. The average Bonchev–Trinajstić information content (AvgIpc) is 4.10. The standard InChI is InChI=1S/C30H18N4O4S2.C28H44N2.CHNS.CNS.Ru/c1-32-28(30(37)38)17-25-9-7-23(40-25)5-3-20-11-13-34-27(15-20)26-14-19(10-12-33-26)2-4-22-6-8-24(39-22)16-21(18-31)29(35)36;1-3-5-7-9-11-13-15-17-25-19-21-29-27(23-25)28-24-26(20-22-30-28)18-16-14-12-10-8-6-4-2;2*2-1-3;/h2-17H,(H,35,36)(H,37,38);19-24H,3-18H2,1-2H3;3H;;/q;;;-1;+2/p-1/b4-2+,5-3+,21-16-,28-17-;;;;. The van der Waals surface area contributed by atoms with E-state index in [9.17, 15) is 9.59 Å². The number of carboxylic acid groups (broad SMARTS) is 2.